The molecule has 1 aromatic heterocycles. The molecule has 1 aromatic carbocycles. The lowest BCUT2D eigenvalue weighted by Gasteiger charge is -2.09. The zero-order valence-electron chi connectivity index (χ0n) is 10.0. The zero-order valence-corrected chi connectivity index (χ0v) is 10.0. The predicted molar refractivity (Wildman–Crippen MR) is 65.9 cm³/mol. The highest BCUT2D eigenvalue weighted by molar-refractivity contribution is 5.88. The lowest BCUT2D eigenvalue weighted by atomic mass is 10.1. The van der Waals surface area contributed by atoms with E-state index in [0.29, 0.717) is 18.9 Å². The standard InChI is InChI=1S/C13H14N2O3/c1-10-3-4-11(13(16)17)9-12(10)18-8-7-15-6-2-5-14-15/h2-6,9H,7-8H2,1H3,(H,16,17). The first-order valence-electron chi connectivity index (χ1n) is 5.61. The summed E-state index contributed by atoms with van der Waals surface area (Å²) in [6.07, 6.45) is 3.56. The van der Waals surface area contributed by atoms with Crippen molar-refractivity contribution in [1.82, 2.24) is 9.78 Å². The molecule has 0 saturated carbocycles. The Hall–Kier alpha value is -2.30. The average Bonchev–Trinajstić information content (AvgIpc) is 2.84. The molecule has 0 aliphatic carbocycles. The van der Waals surface area contributed by atoms with Gasteiger partial charge >= 0.3 is 5.97 Å². The molecule has 1 N–H and O–H groups in total. The van der Waals surface area contributed by atoms with E-state index in [0.717, 1.165) is 5.56 Å². The van der Waals surface area contributed by atoms with E-state index in [2.05, 4.69) is 5.10 Å². The summed E-state index contributed by atoms with van der Waals surface area (Å²) >= 11 is 0. The maximum atomic E-state index is 10.9. The van der Waals surface area contributed by atoms with Gasteiger partial charge in [-0.2, -0.15) is 5.10 Å². The van der Waals surface area contributed by atoms with E-state index in [-0.39, 0.29) is 5.56 Å². The number of aromatic carboxylic acids is 1. The molecule has 5 nitrogen and oxygen atoms in total. The van der Waals surface area contributed by atoms with E-state index >= 15 is 0 Å². The Bertz CT molecular complexity index is 535. The number of benzene rings is 1. The van der Waals surface area contributed by atoms with Gasteiger partial charge in [-0.3, -0.25) is 4.68 Å². The first kappa shape index (κ1) is 12.2. The Morgan fingerprint density at radius 2 is 2.33 bits per heavy atom. The molecule has 18 heavy (non-hydrogen) atoms. The number of nitrogens with zero attached hydrogens (tertiary/aromatic N) is 2. The number of carboxylic acids is 1. The largest absolute Gasteiger partial charge is 0.491 e. The predicted octanol–water partition coefficient (Wildman–Crippen LogP) is 1.97. The summed E-state index contributed by atoms with van der Waals surface area (Å²) in [6, 6.07) is 6.70. The van der Waals surface area contributed by atoms with Gasteiger partial charge in [0.15, 0.2) is 0 Å². The number of hydrogen-bond donors (Lipinski definition) is 1. The highest BCUT2D eigenvalue weighted by Gasteiger charge is 2.06. The summed E-state index contributed by atoms with van der Waals surface area (Å²) in [7, 11) is 0. The summed E-state index contributed by atoms with van der Waals surface area (Å²) in [5.41, 5.74) is 1.15. The van der Waals surface area contributed by atoms with Crippen LogP contribution in [0.1, 0.15) is 15.9 Å². The first-order valence-corrected chi connectivity index (χ1v) is 5.61. The van der Waals surface area contributed by atoms with Gasteiger partial charge in [-0.05, 0) is 30.7 Å². The molecule has 0 amide bonds. The Morgan fingerprint density at radius 3 is 3.00 bits per heavy atom. The molecule has 0 aliphatic heterocycles. The summed E-state index contributed by atoms with van der Waals surface area (Å²) in [6.45, 7) is 2.96. The van der Waals surface area contributed by atoms with Crippen LogP contribution >= 0.6 is 0 Å². The fourth-order valence-electron chi connectivity index (χ4n) is 1.57. The number of aryl methyl sites for hydroxylation is 1. The Labute approximate surface area is 105 Å². The van der Waals surface area contributed by atoms with E-state index in [4.69, 9.17) is 9.84 Å². The fraction of sp³-hybridized carbons (Fsp3) is 0.231. The van der Waals surface area contributed by atoms with Crippen LogP contribution < -0.4 is 4.74 Å². The monoisotopic (exact) mass is 246 g/mol. The molecule has 1 heterocycles. The maximum Gasteiger partial charge on any atom is 0.335 e. The minimum atomic E-state index is -0.952. The second-order valence-corrected chi connectivity index (χ2v) is 3.90. The first-order chi connectivity index (χ1) is 8.66. The molecule has 0 aliphatic rings. The summed E-state index contributed by atoms with van der Waals surface area (Å²) in [5, 5.41) is 13.0. The Morgan fingerprint density at radius 1 is 1.50 bits per heavy atom. The number of rotatable bonds is 5. The van der Waals surface area contributed by atoms with Gasteiger partial charge < -0.3 is 9.84 Å². The molecule has 2 rings (SSSR count). The van der Waals surface area contributed by atoms with E-state index in [9.17, 15) is 4.79 Å². The van der Waals surface area contributed by atoms with Crippen molar-refractivity contribution >= 4 is 5.97 Å². The molecule has 0 unspecified atom stereocenters. The van der Waals surface area contributed by atoms with Crippen molar-refractivity contribution in [2.24, 2.45) is 0 Å². The van der Waals surface area contributed by atoms with E-state index < -0.39 is 5.97 Å². The summed E-state index contributed by atoms with van der Waals surface area (Å²) in [4.78, 5) is 10.9. The summed E-state index contributed by atoms with van der Waals surface area (Å²) in [5.74, 6) is -0.353. The van der Waals surface area contributed by atoms with Gasteiger partial charge in [0.2, 0.25) is 0 Å². The molecule has 0 spiro atoms. The van der Waals surface area contributed by atoms with Crippen LogP contribution in [0.2, 0.25) is 0 Å². The molecule has 0 saturated heterocycles. The molecule has 94 valence electrons. The van der Waals surface area contributed by atoms with Crippen molar-refractivity contribution < 1.29 is 14.6 Å². The second-order valence-electron chi connectivity index (χ2n) is 3.90. The quantitative estimate of drug-likeness (QED) is 0.876. The number of hydrogen-bond acceptors (Lipinski definition) is 3. The van der Waals surface area contributed by atoms with Gasteiger partial charge in [-0.15, -0.1) is 0 Å². The van der Waals surface area contributed by atoms with Crippen molar-refractivity contribution in [2.45, 2.75) is 13.5 Å². The zero-order chi connectivity index (χ0) is 13.0. The molecule has 0 radical (unpaired) electrons. The lowest BCUT2D eigenvalue weighted by molar-refractivity contribution is 0.0696. The van der Waals surface area contributed by atoms with Crippen LogP contribution in [0.3, 0.4) is 0 Å². The molecular weight excluding hydrogens is 232 g/mol. The minimum absolute atomic E-state index is 0.231. The van der Waals surface area contributed by atoms with Crippen LogP contribution in [-0.4, -0.2) is 27.5 Å². The van der Waals surface area contributed by atoms with Gasteiger partial charge in [0.05, 0.1) is 12.1 Å². The van der Waals surface area contributed by atoms with Crippen LogP contribution in [-0.2, 0) is 6.54 Å². The topological polar surface area (TPSA) is 64.3 Å². The smallest absolute Gasteiger partial charge is 0.335 e. The highest BCUT2D eigenvalue weighted by atomic mass is 16.5. The molecule has 0 bridgehead atoms. The third-order valence-electron chi connectivity index (χ3n) is 2.57. The van der Waals surface area contributed by atoms with Crippen molar-refractivity contribution in [3.05, 3.63) is 47.8 Å². The average molecular weight is 246 g/mol. The normalized spacial score (nSPS) is 10.3. The van der Waals surface area contributed by atoms with Crippen molar-refractivity contribution in [1.29, 1.82) is 0 Å². The third kappa shape index (κ3) is 2.88. The minimum Gasteiger partial charge on any atom is -0.491 e. The van der Waals surface area contributed by atoms with Crippen LogP contribution in [0.4, 0.5) is 0 Å². The van der Waals surface area contributed by atoms with Crippen molar-refractivity contribution in [3.63, 3.8) is 0 Å². The van der Waals surface area contributed by atoms with Gasteiger partial charge in [-0.1, -0.05) is 6.07 Å². The van der Waals surface area contributed by atoms with E-state index in [1.165, 1.54) is 0 Å². The van der Waals surface area contributed by atoms with Gasteiger partial charge in [0.25, 0.3) is 0 Å². The lowest BCUT2D eigenvalue weighted by Crippen LogP contribution is -2.09. The Kier molecular flexibility index (Phi) is 3.62. The molecule has 0 fully saturated rings. The van der Waals surface area contributed by atoms with Crippen LogP contribution in [0, 0.1) is 6.92 Å². The van der Waals surface area contributed by atoms with Gasteiger partial charge in [-0.25, -0.2) is 4.79 Å². The van der Waals surface area contributed by atoms with Crippen LogP contribution in [0.5, 0.6) is 5.75 Å². The SMILES string of the molecule is Cc1ccc(C(=O)O)cc1OCCn1cccn1. The highest BCUT2D eigenvalue weighted by Crippen LogP contribution is 2.19. The molecule has 2 aromatic rings. The molecule has 0 atom stereocenters. The van der Waals surface area contributed by atoms with Crippen LogP contribution in [0.25, 0.3) is 0 Å². The number of aromatic nitrogens is 2. The van der Waals surface area contributed by atoms with E-state index in [1.807, 2.05) is 19.2 Å². The van der Waals surface area contributed by atoms with Gasteiger partial charge in [0, 0.05) is 12.4 Å². The number of ether oxygens (including phenoxy) is 1. The second kappa shape index (κ2) is 5.35. The van der Waals surface area contributed by atoms with E-state index in [1.54, 1.807) is 29.1 Å². The fourth-order valence-corrected chi connectivity index (χ4v) is 1.57. The van der Waals surface area contributed by atoms with Crippen LogP contribution in [0.15, 0.2) is 36.7 Å². The molecular formula is C13H14N2O3. The maximum absolute atomic E-state index is 10.9. The van der Waals surface area contributed by atoms with Crippen molar-refractivity contribution in [2.75, 3.05) is 6.61 Å². The summed E-state index contributed by atoms with van der Waals surface area (Å²) < 4.78 is 7.34. The number of carboxylic acid groups (broad SMARTS) is 1. The Balaban J connectivity index is 2.00. The molecule has 5 heteroatoms. The third-order valence-corrected chi connectivity index (χ3v) is 2.57. The van der Waals surface area contributed by atoms with Crippen molar-refractivity contribution in [3.8, 4) is 5.75 Å². The number of carbonyl (C=O) groups is 1. The van der Waals surface area contributed by atoms with Gasteiger partial charge in [0.1, 0.15) is 12.4 Å².